The van der Waals surface area contributed by atoms with Gasteiger partial charge in [0.15, 0.2) is 5.82 Å². The van der Waals surface area contributed by atoms with Crippen LogP contribution in [0.25, 0.3) is 0 Å². The number of aromatic nitrogens is 3. The third-order valence-corrected chi connectivity index (χ3v) is 5.44. The van der Waals surface area contributed by atoms with Gasteiger partial charge in [0.2, 0.25) is 5.89 Å². The standard InChI is InChI=1S/C21H31N5O3.ClH/c1-14(2)19-23-17(24-29-19)8-10-25(4)20(27)18-15(3)7-11-26(21(18)28)13-16-6-5-9-22-12-16;/h7,11,14,16,22H,5-6,8-10,12-13H2,1-4H3;1H. The largest absolute Gasteiger partial charge is 0.341 e. The molecule has 1 unspecified atom stereocenters. The van der Waals surface area contributed by atoms with Crippen LogP contribution < -0.4 is 10.9 Å². The van der Waals surface area contributed by atoms with Crippen LogP contribution in [0.1, 0.15) is 60.2 Å². The molecule has 9 heteroatoms. The van der Waals surface area contributed by atoms with Crippen molar-refractivity contribution in [3.05, 3.63) is 45.5 Å². The summed E-state index contributed by atoms with van der Waals surface area (Å²) in [5.41, 5.74) is 0.732. The molecule has 0 aromatic carbocycles. The predicted molar refractivity (Wildman–Crippen MR) is 117 cm³/mol. The van der Waals surface area contributed by atoms with E-state index in [1.54, 1.807) is 22.7 Å². The molecule has 1 amide bonds. The molecule has 1 N–H and O–H groups in total. The van der Waals surface area contributed by atoms with Crippen LogP contribution in [-0.2, 0) is 13.0 Å². The number of rotatable bonds is 7. The van der Waals surface area contributed by atoms with Crippen LogP contribution in [0.5, 0.6) is 0 Å². The van der Waals surface area contributed by atoms with Gasteiger partial charge in [0.1, 0.15) is 5.56 Å². The lowest BCUT2D eigenvalue weighted by Gasteiger charge is -2.24. The summed E-state index contributed by atoms with van der Waals surface area (Å²) in [4.78, 5) is 31.9. The molecule has 1 atom stereocenters. The summed E-state index contributed by atoms with van der Waals surface area (Å²) in [5.74, 6) is 1.48. The first-order chi connectivity index (χ1) is 13.9. The molecule has 30 heavy (non-hydrogen) atoms. The van der Waals surface area contributed by atoms with E-state index in [4.69, 9.17) is 4.52 Å². The van der Waals surface area contributed by atoms with E-state index in [1.807, 2.05) is 26.8 Å². The monoisotopic (exact) mass is 437 g/mol. The van der Waals surface area contributed by atoms with Crippen LogP contribution in [0.3, 0.4) is 0 Å². The summed E-state index contributed by atoms with van der Waals surface area (Å²) in [6, 6.07) is 1.85. The topological polar surface area (TPSA) is 93.3 Å². The fraction of sp³-hybridized carbons (Fsp3) is 0.619. The van der Waals surface area contributed by atoms with Crippen LogP contribution in [0.2, 0.25) is 0 Å². The van der Waals surface area contributed by atoms with Gasteiger partial charge >= 0.3 is 0 Å². The van der Waals surface area contributed by atoms with E-state index < -0.39 is 0 Å². The summed E-state index contributed by atoms with van der Waals surface area (Å²) in [5, 5.41) is 7.33. The van der Waals surface area contributed by atoms with Crippen LogP contribution in [0.4, 0.5) is 0 Å². The summed E-state index contributed by atoms with van der Waals surface area (Å²) < 4.78 is 6.89. The molecule has 166 valence electrons. The molecule has 1 aliphatic rings. The molecular weight excluding hydrogens is 406 g/mol. The third kappa shape index (κ3) is 5.70. The molecule has 0 radical (unpaired) electrons. The van der Waals surface area contributed by atoms with Gasteiger partial charge in [0, 0.05) is 38.7 Å². The molecule has 3 rings (SSSR count). The Balaban J connectivity index is 0.00000320. The highest BCUT2D eigenvalue weighted by molar-refractivity contribution is 5.95. The molecule has 1 saturated heterocycles. The first-order valence-electron chi connectivity index (χ1n) is 10.4. The van der Waals surface area contributed by atoms with Crippen molar-refractivity contribution in [1.82, 2.24) is 24.9 Å². The zero-order chi connectivity index (χ0) is 21.0. The number of carbonyl (C=O) groups excluding carboxylic acids is 1. The lowest BCUT2D eigenvalue weighted by atomic mass is 9.99. The van der Waals surface area contributed by atoms with E-state index in [1.165, 1.54) is 0 Å². The van der Waals surface area contributed by atoms with Crippen LogP contribution in [-0.4, -0.2) is 52.2 Å². The Labute approximate surface area is 183 Å². The third-order valence-electron chi connectivity index (χ3n) is 5.44. The van der Waals surface area contributed by atoms with Gasteiger partial charge in [-0.2, -0.15) is 4.98 Å². The second-order valence-corrected chi connectivity index (χ2v) is 8.22. The minimum absolute atomic E-state index is 0. The van der Waals surface area contributed by atoms with Gasteiger partial charge in [-0.15, -0.1) is 12.4 Å². The molecular formula is C21H32ClN5O3. The van der Waals surface area contributed by atoms with E-state index >= 15 is 0 Å². The zero-order valence-electron chi connectivity index (χ0n) is 18.2. The smallest absolute Gasteiger partial charge is 0.263 e. The van der Waals surface area contributed by atoms with Gasteiger partial charge in [-0.05, 0) is 50.4 Å². The molecule has 3 heterocycles. The quantitative estimate of drug-likeness (QED) is 0.714. The minimum atomic E-state index is -0.267. The van der Waals surface area contributed by atoms with Gasteiger partial charge < -0.3 is 19.3 Å². The highest BCUT2D eigenvalue weighted by atomic mass is 35.5. The zero-order valence-corrected chi connectivity index (χ0v) is 19.0. The normalized spacial score (nSPS) is 16.4. The fourth-order valence-electron chi connectivity index (χ4n) is 3.59. The van der Waals surface area contributed by atoms with Crippen LogP contribution in [0, 0.1) is 12.8 Å². The van der Waals surface area contributed by atoms with Crippen molar-refractivity contribution in [1.29, 1.82) is 0 Å². The molecule has 0 saturated carbocycles. The molecule has 1 aliphatic heterocycles. The van der Waals surface area contributed by atoms with Crippen molar-refractivity contribution in [2.75, 3.05) is 26.7 Å². The minimum Gasteiger partial charge on any atom is -0.341 e. The number of hydrogen-bond donors (Lipinski definition) is 1. The number of pyridine rings is 1. The van der Waals surface area contributed by atoms with Gasteiger partial charge in [-0.3, -0.25) is 9.59 Å². The second kappa shape index (κ2) is 10.7. The Hall–Kier alpha value is -2.19. The van der Waals surface area contributed by atoms with Gasteiger partial charge in [-0.25, -0.2) is 0 Å². The highest BCUT2D eigenvalue weighted by Crippen LogP contribution is 2.14. The maximum atomic E-state index is 13.0. The number of amides is 1. The van der Waals surface area contributed by atoms with E-state index in [9.17, 15) is 9.59 Å². The Morgan fingerprint density at radius 2 is 2.20 bits per heavy atom. The Bertz CT molecular complexity index is 902. The Morgan fingerprint density at radius 3 is 2.83 bits per heavy atom. The summed E-state index contributed by atoms with van der Waals surface area (Å²) in [6.45, 7) is 8.77. The number of nitrogens with zero attached hydrogens (tertiary/aromatic N) is 4. The number of carbonyl (C=O) groups is 1. The fourth-order valence-corrected chi connectivity index (χ4v) is 3.59. The van der Waals surface area contributed by atoms with Crippen molar-refractivity contribution >= 4 is 18.3 Å². The molecule has 0 aliphatic carbocycles. The first-order valence-corrected chi connectivity index (χ1v) is 10.4. The molecule has 0 spiro atoms. The van der Waals surface area contributed by atoms with E-state index in [-0.39, 0.29) is 35.4 Å². The van der Waals surface area contributed by atoms with Crippen molar-refractivity contribution < 1.29 is 9.32 Å². The van der Waals surface area contributed by atoms with Crippen molar-refractivity contribution in [3.8, 4) is 0 Å². The van der Waals surface area contributed by atoms with Gasteiger partial charge in [0.05, 0.1) is 0 Å². The van der Waals surface area contributed by atoms with E-state index in [0.717, 1.165) is 25.9 Å². The SMILES string of the molecule is Cc1ccn(CC2CCCNC2)c(=O)c1C(=O)N(C)CCc1noc(C(C)C)n1.Cl. The van der Waals surface area contributed by atoms with Crippen LogP contribution in [0.15, 0.2) is 21.6 Å². The number of halogens is 1. The van der Waals surface area contributed by atoms with E-state index in [0.29, 0.717) is 42.7 Å². The van der Waals surface area contributed by atoms with E-state index in [2.05, 4.69) is 15.5 Å². The summed E-state index contributed by atoms with van der Waals surface area (Å²) >= 11 is 0. The lowest BCUT2D eigenvalue weighted by molar-refractivity contribution is 0.0792. The first kappa shape index (κ1) is 24.1. The number of likely N-dealkylation sites (N-methyl/N-ethyl adjacent to an activating group) is 1. The number of hydrogen-bond acceptors (Lipinski definition) is 6. The summed E-state index contributed by atoms with van der Waals surface area (Å²) in [7, 11) is 1.70. The van der Waals surface area contributed by atoms with Crippen LogP contribution >= 0.6 is 12.4 Å². The number of nitrogens with one attached hydrogen (secondary N) is 1. The molecule has 1 fully saturated rings. The molecule has 8 nitrogen and oxygen atoms in total. The lowest BCUT2D eigenvalue weighted by Crippen LogP contribution is -2.39. The number of aryl methyl sites for hydroxylation is 1. The summed E-state index contributed by atoms with van der Waals surface area (Å²) in [6.07, 6.45) is 4.50. The molecule has 0 bridgehead atoms. The molecule has 2 aromatic rings. The Morgan fingerprint density at radius 1 is 1.43 bits per heavy atom. The number of piperidine rings is 1. The highest BCUT2D eigenvalue weighted by Gasteiger charge is 2.22. The average Bonchev–Trinajstić information content (AvgIpc) is 3.18. The maximum absolute atomic E-state index is 13.0. The van der Waals surface area contributed by atoms with Crippen molar-refractivity contribution in [3.63, 3.8) is 0 Å². The molecule has 2 aromatic heterocycles. The predicted octanol–water partition coefficient (Wildman–Crippen LogP) is 2.40. The Kier molecular flexibility index (Phi) is 8.61. The van der Waals surface area contributed by atoms with Crippen molar-refractivity contribution in [2.24, 2.45) is 5.92 Å². The van der Waals surface area contributed by atoms with Gasteiger partial charge in [0.25, 0.3) is 11.5 Å². The maximum Gasteiger partial charge on any atom is 0.263 e. The second-order valence-electron chi connectivity index (χ2n) is 8.22. The van der Waals surface area contributed by atoms with Gasteiger partial charge in [-0.1, -0.05) is 19.0 Å². The average molecular weight is 438 g/mol. The van der Waals surface area contributed by atoms with Crippen molar-refractivity contribution in [2.45, 2.75) is 52.5 Å².